The minimum atomic E-state index is -1.18. The van der Waals surface area contributed by atoms with Gasteiger partial charge in [0.15, 0.2) is 0 Å². The summed E-state index contributed by atoms with van der Waals surface area (Å²) in [5, 5.41) is 0. The van der Waals surface area contributed by atoms with E-state index in [2.05, 4.69) is 0 Å². The SMILES string of the molecule is FC1CCC(C2CCCCCC2)CCC1F. The maximum absolute atomic E-state index is 13.3. The lowest BCUT2D eigenvalue weighted by atomic mass is 9.81. The van der Waals surface area contributed by atoms with Crippen LogP contribution < -0.4 is 0 Å². The number of alkyl halides is 2. The molecular formula is C14H24F2. The molecule has 2 saturated carbocycles. The van der Waals surface area contributed by atoms with Crippen LogP contribution in [-0.2, 0) is 0 Å². The first kappa shape index (κ1) is 12.3. The second-order valence-corrected chi connectivity index (χ2v) is 5.70. The zero-order valence-electron chi connectivity index (χ0n) is 10.1. The minimum absolute atomic E-state index is 0.461. The van der Waals surface area contributed by atoms with Crippen LogP contribution in [-0.4, -0.2) is 12.3 Å². The molecule has 0 aromatic carbocycles. The molecule has 2 heteroatoms. The molecule has 0 aromatic heterocycles. The zero-order chi connectivity index (χ0) is 11.4. The van der Waals surface area contributed by atoms with E-state index < -0.39 is 12.3 Å². The monoisotopic (exact) mass is 230 g/mol. The van der Waals surface area contributed by atoms with E-state index in [0.29, 0.717) is 18.8 Å². The Morgan fingerprint density at radius 3 is 1.44 bits per heavy atom. The van der Waals surface area contributed by atoms with Gasteiger partial charge in [0.05, 0.1) is 0 Å². The van der Waals surface area contributed by atoms with Gasteiger partial charge in [-0.15, -0.1) is 0 Å². The smallest absolute Gasteiger partial charge is 0.131 e. The average Bonchev–Trinajstić information content (AvgIpc) is 2.63. The molecule has 0 aliphatic heterocycles. The predicted octanol–water partition coefficient (Wildman–Crippen LogP) is 4.82. The molecule has 0 bridgehead atoms. The molecule has 0 nitrogen and oxygen atoms in total. The summed E-state index contributed by atoms with van der Waals surface area (Å²) in [4.78, 5) is 0. The second kappa shape index (κ2) is 5.97. The molecular weight excluding hydrogens is 206 g/mol. The first-order valence-corrected chi connectivity index (χ1v) is 7.05. The second-order valence-electron chi connectivity index (χ2n) is 5.70. The molecule has 0 amide bonds. The summed E-state index contributed by atoms with van der Waals surface area (Å²) in [7, 11) is 0. The van der Waals surface area contributed by atoms with Crippen molar-refractivity contribution in [2.24, 2.45) is 11.8 Å². The predicted molar refractivity (Wildman–Crippen MR) is 62.9 cm³/mol. The van der Waals surface area contributed by atoms with E-state index in [-0.39, 0.29) is 0 Å². The molecule has 0 aromatic rings. The Balaban J connectivity index is 1.88. The maximum atomic E-state index is 13.3. The third-order valence-corrected chi connectivity index (χ3v) is 4.59. The third kappa shape index (κ3) is 3.18. The molecule has 0 saturated heterocycles. The van der Waals surface area contributed by atoms with Crippen LogP contribution in [0.2, 0.25) is 0 Å². The maximum Gasteiger partial charge on any atom is 0.131 e. The Morgan fingerprint density at radius 2 is 0.938 bits per heavy atom. The summed E-state index contributed by atoms with van der Waals surface area (Å²) >= 11 is 0. The highest BCUT2D eigenvalue weighted by Crippen LogP contribution is 2.37. The van der Waals surface area contributed by atoms with Crippen molar-refractivity contribution in [3.8, 4) is 0 Å². The van der Waals surface area contributed by atoms with Crippen molar-refractivity contribution < 1.29 is 8.78 Å². The first-order valence-electron chi connectivity index (χ1n) is 7.05. The van der Waals surface area contributed by atoms with Crippen LogP contribution in [0.3, 0.4) is 0 Å². The van der Waals surface area contributed by atoms with Gasteiger partial charge in [0, 0.05) is 0 Å². The summed E-state index contributed by atoms with van der Waals surface area (Å²) < 4.78 is 26.6. The van der Waals surface area contributed by atoms with Gasteiger partial charge in [-0.25, -0.2) is 8.78 Å². The summed E-state index contributed by atoms with van der Waals surface area (Å²) in [5.41, 5.74) is 0. The van der Waals surface area contributed by atoms with E-state index in [1.54, 1.807) is 0 Å². The van der Waals surface area contributed by atoms with Crippen molar-refractivity contribution in [2.45, 2.75) is 76.6 Å². The van der Waals surface area contributed by atoms with Crippen LogP contribution in [0.5, 0.6) is 0 Å². The lowest BCUT2D eigenvalue weighted by molar-refractivity contribution is 0.158. The fourth-order valence-corrected chi connectivity index (χ4v) is 3.51. The standard InChI is InChI=1S/C14H24F2/c15-13-9-7-12(8-10-14(13)16)11-5-3-1-2-4-6-11/h11-14H,1-10H2. The minimum Gasteiger partial charge on any atom is -0.244 e. The van der Waals surface area contributed by atoms with E-state index in [0.717, 1.165) is 18.8 Å². The Hall–Kier alpha value is -0.140. The molecule has 2 aliphatic rings. The van der Waals surface area contributed by atoms with E-state index in [9.17, 15) is 8.78 Å². The van der Waals surface area contributed by atoms with Crippen molar-refractivity contribution in [3.05, 3.63) is 0 Å². The third-order valence-electron chi connectivity index (χ3n) is 4.59. The van der Waals surface area contributed by atoms with Crippen molar-refractivity contribution in [2.75, 3.05) is 0 Å². The highest BCUT2D eigenvalue weighted by molar-refractivity contribution is 4.81. The first-order chi connectivity index (χ1) is 7.77. The van der Waals surface area contributed by atoms with Gasteiger partial charge >= 0.3 is 0 Å². The van der Waals surface area contributed by atoms with Gasteiger partial charge in [0.2, 0.25) is 0 Å². The fourth-order valence-electron chi connectivity index (χ4n) is 3.51. The number of hydrogen-bond donors (Lipinski definition) is 0. The van der Waals surface area contributed by atoms with Gasteiger partial charge in [-0.2, -0.15) is 0 Å². The Bertz CT molecular complexity index is 185. The van der Waals surface area contributed by atoms with Crippen molar-refractivity contribution in [1.82, 2.24) is 0 Å². The van der Waals surface area contributed by atoms with Gasteiger partial charge in [-0.1, -0.05) is 38.5 Å². The topological polar surface area (TPSA) is 0 Å². The van der Waals surface area contributed by atoms with Crippen LogP contribution in [0.25, 0.3) is 0 Å². The molecule has 2 fully saturated rings. The Morgan fingerprint density at radius 1 is 0.500 bits per heavy atom. The highest BCUT2D eigenvalue weighted by atomic mass is 19.2. The van der Waals surface area contributed by atoms with Crippen LogP contribution in [0.15, 0.2) is 0 Å². The highest BCUT2D eigenvalue weighted by Gasteiger charge is 2.30. The number of hydrogen-bond acceptors (Lipinski definition) is 0. The Labute approximate surface area is 97.8 Å². The van der Waals surface area contributed by atoms with Gasteiger partial charge in [-0.3, -0.25) is 0 Å². The molecule has 2 unspecified atom stereocenters. The quantitative estimate of drug-likeness (QED) is 0.566. The molecule has 16 heavy (non-hydrogen) atoms. The molecule has 2 atom stereocenters. The number of rotatable bonds is 1. The van der Waals surface area contributed by atoms with Crippen molar-refractivity contribution in [3.63, 3.8) is 0 Å². The van der Waals surface area contributed by atoms with Gasteiger partial charge in [-0.05, 0) is 37.5 Å². The van der Waals surface area contributed by atoms with E-state index in [1.807, 2.05) is 0 Å². The van der Waals surface area contributed by atoms with Crippen molar-refractivity contribution in [1.29, 1.82) is 0 Å². The van der Waals surface area contributed by atoms with Crippen LogP contribution in [0.1, 0.15) is 64.2 Å². The van der Waals surface area contributed by atoms with E-state index >= 15 is 0 Å². The molecule has 2 rings (SSSR count). The summed E-state index contributed by atoms with van der Waals surface area (Å²) in [6.45, 7) is 0. The molecule has 94 valence electrons. The van der Waals surface area contributed by atoms with Gasteiger partial charge in [0.25, 0.3) is 0 Å². The molecule has 0 N–H and O–H groups in total. The summed E-state index contributed by atoms with van der Waals surface area (Å²) in [5.74, 6) is 1.37. The lowest BCUT2D eigenvalue weighted by Gasteiger charge is -2.24. The van der Waals surface area contributed by atoms with Crippen LogP contribution >= 0.6 is 0 Å². The van der Waals surface area contributed by atoms with E-state index in [1.165, 1.54) is 38.5 Å². The van der Waals surface area contributed by atoms with Gasteiger partial charge < -0.3 is 0 Å². The average molecular weight is 230 g/mol. The molecule has 0 heterocycles. The largest absolute Gasteiger partial charge is 0.244 e. The summed E-state index contributed by atoms with van der Waals surface area (Å²) in [6, 6.07) is 0. The molecule has 2 aliphatic carbocycles. The molecule has 0 radical (unpaired) electrons. The van der Waals surface area contributed by atoms with Crippen LogP contribution in [0, 0.1) is 11.8 Å². The lowest BCUT2D eigenvalue weighted by Crippen LogP contribution is -2.14. The summed E-state index contributed by atoms with van der Waals surface area (Å²) in [6.07, 6.45) is 8.40. The Kier molecular flexibility index (Phi) is 4.60. The van der Waals surface area contributed by atoms with E-state index in [4.69, 9.17) is 0 Å². The van der Waals surface area contributed by atoms with Crippen LogP contribution in [0.4, 0.5) is 8.78 Å². The molecule has 0 spiro atoms. The van der Waals surface area contributed by atoms with Gasteiger partial charge in [0.1, 0.15) is 12.3 Å². The normalized spacial score (nSPS) is 39.0. The fraction of sp³-hybridized carbons (Fsp3) is 1.00. The van der Waals surface area contributed by atoms with Crippen molar-refractivity contribution >= 4 is 0 Å². The number of halogens is 2. The zero-order valence-corrected chi connectivity index (χ0v) is 10.1.